The van der Waals surface area contributed by atoms with Gasteiger partial charge in [0.05, 0.1) is 13.4 Å². The molecule has 3 rings (SSSR count). The van der Waals surface area contributed by atoms with Crippen LogP contribution in [0, 0.1) is 5.92 Å². The van der Waals surface area contributed by atoms with Gasteiger partial charge < -0.3 is 14.6 Å². The van der Waals surface area contributed by atoms with Crippen molar-refractivity contribution in [2.24, 2.45) is 5.92 Å². The predicted octanol–water partition coefficient (Wildman–Crippen LogP) is 7.60. The molecule has 0 bridgehead atoms. The zero-order valence-corrected chi connectivity index (χ0v) is 21.0. The first-order valence-corrected chi connectivity index (χ1v) is 12.6. The molecule has 2 aliphatic rings. The minimum atomic E-state index is -0.235. The molecule has 0 amide bonds. The van der Waals surface area contributed by atoms with E-state index in [0.29, 0.717) is 11.7 Å². The van der Waals surface area contributed by atoms with Gasteiger partial charge in [-0.25, -0.2) is 0 Å². The summed E-state index contributed by atoms with van der Waals surface area (Å²) < 4.78 is 11.8. The molecule has 0 aromatic heterocycles. The largest absolute Gasteiger partial charge is 0.508 e. The average Bonchev–Trinajstić information content (AvgIpc) is 2.67. The first kappa shape index (κ1) is 23.5. The molecule has 1 N–H and O–H groups in total. The summed E-state index contributed by atoms with van der Waals surface area (Å²) in [5, 5.41) is 12.2. The Morgan fingerprint density at radius 2 is 1.97 bits per heavy atom. The number of phenols is 1. The Kier molecular flexibility index (Phi) is 7.48. The molecule has 0 saturated heterocycles. The van der Waals surface area contributed by atoms with Gasteiger partial charge in [-0.1, -0.05) is 49.0 Å². The van der Waals surface area contributed by atoms with E-state index in [1.807, 2.05) is 12.3 Å². The second kappa shape index (κ2) is 9.54. The van der Waals surface area contributed by atoms with Crippen molar-refractivity contribution >= 4 is 15.9 Å². The number of hydrogen-bond donors (Lipinski definition) is 1. The quantitative estimate of drug-likeness (QED) is 0.237. The molecule has 1 aromatic rings. The Bertz CT molecular complexity index is 766. The molecule has 2 atom stereocenters. The van der Waals surface area contributed by atoms with E-state index in [4.69, 9.17) is 9.47 Å². The summed E-state index contributed by atoms with van der Waals surface area (Å²) in [6.07, 6.45) is 11.0. The maximum absolute atomic E-state index is 11.1. The summed E-state index contributed by atoms with van der Waals surface area (Å²) in [4.78, 5) is 0. The lowest BCUT2D eigenvalue weighted by molar-refractivity contribution is -0.00142. The minimum absolute atomic E-state index is 0.0128. The fourth-order valence-electron chi connectivity index (χ4n) is 5.46. The van der Waals surface area contributed by atoms with E-state index in [9.17, 15) is 5.11 Å². The molecular weight excluding hydrogens is 440 g/mol. The van der Waals surface area contributed by atoms with Crippen LogP contribution in [0.25, 0.3) is 0 Å². The topological polar surface area (TPSA) is 38.7 Å². The molecular formula is C26H39BrO3. The number of allylic oxidation sites excluding steroid dienone is 1. The van der Waals surface area contributed by atoms with Crippen LogP contribution < -0.4 is 4.74 Å². The zero-order chi connectivity index (χ0) is 21.9. The van der Waals surface area contributed by atoms with Gasteiger partial charge in [0.15, 0.2) is 0 Å². The van der Waals surface area contributed by atoms with Crippen LogP contribution in [-0.2, 0) is 10.2 Å². The molecule has 1 aliphatic carbocycles. The van der Waals surface area contributed by atoms with Crippen molar-refractivity contribution < 1.29 is 14.6 Å². The van der Waals surface area contributed by atoms with E-state index in [2.05, 4.69) is 49.7 Å². The van der Waals surface area contributed by atoms with Gasteiger partial charge in [-0.15, -0.1) is 0 Å². The van der Waals surface area contributed by atoms with E-state index in [1.165, 1.54) is 36.8 Å². The molecule has 30 heavy (non-hydrogen) atoms. The van der Waals surface area contributed by atoms with Gasteiger partial charge in [-0.3, -0.25) is 0 Å². The van der Waals surface area contributed by atoms with Crippen molar-refractivity contribution in [3.8, 4) is 11.5 Å². The molecule has 1 heterocycles. The van der Waals surface area contributed by atoms with Crippen LogP contribution in [0.1, 0.15) is 96.1 Å². The van der Waals surface area contributed by atoms with Crippen LogP contribution in [0.5, 0.6) is 11.5 Å². The Balaban J connectivity index is 1.87. The van der Waals surface area contributed by atoms with Gasteiger partial charge in [0, 0.05) is 22.7 Å². The number of benzene rings is 1. The van der Waals surface area contributed by atoms with Crippen LogP contribution in [0.15, 0.2) is 24.0 Å². The molecule has 0 unspecified atom stereocenters. The molecule has 1 aromatic carbocycles. The highest BCUT2D eigenvalue weighted by molar-refractivity contribution is 9.09. The molecule has 0 radical (unpaired) electrons. The van der Waals surface area contributed by atoms with Gasteiger partial charge in [-0.05, 0) is 74.6 Å². The molecule has 168 valence electrons. The van der Waals surface area contributed by atoms with E-state index >= 15 is 0 Å². The molecule has 3 nitrogen and oxygen atoms in total. The van der Waals surface area contributed by atoms with Crippen molar-refractivity contribution in [1.29, 1.82) is 0 Å². The van der Waals surface area contributed by atoms with Crippen molar-refractivity contribution in [3.63, 3.8) is 0 Å². The number of alkyl halides is 1. The normalized spacial score (nSPS) is 24.1. The Hall–Kier alpha value is -1.16. The SMILES string of the molecule is COC=C1CC[C@@H]2[C@@H](C1)c1c(O)cc(C(C)(C)CCCCCCBr)cc1OC2(C)C. The highest BCUT2D eigenvalue weighted by Gasteiger charge is 2.47. The lowest BCUT2D eigenvalue weighted by Gasteiger charge is -2.48. The Morgan fingerprint density at radius 3 is 2.67 bits per heavy atom. The number of halogens is 1. The number of phenolic OH excluding ortho intramolecular Hbond substituents is 1. The molecule has 1 fully saturated rings. The van der Waals surface area contributed by atoms with Crippen molar-refractivity contribution in [2.75, 3.05) is 12.4 Å². The number of fused-ring (bicyclic) bond motifs is 3. The average molecular weight is 479 g/mol. The van der Waals surface area contributed by atoms with Crippen molar-refractivity contribution in [3.05, 3.63) is 35.1 Å². The first-order valence-electron chi connectivity index (χ1n) is 11.5. The van der Waals surface area contributed by atoms with Gasteiger partial charge >= 0.3 is 0 Å². The summed E-state index contributed by atoms with van der Waals surface area (Å²) >= 11 is 3.51. The number of ether oxygens (including phenoxy) is 2. The van der Waals surface area contributed by atoms with Crippen molar-refractivity contribution in [1.82, 2.24) is 0 Å². The summed E-state index contributed by atoms with van der Waals surface area (Å²) in [7, 11) is 1.71. The molecule has 4 heteroatoms. The Morgan fingerprint density at radius 1 is 1.23 bits per heavy atom. The van der Waals surface area contributed by atoms with Gasteiger partial charge in [-0.2, -0.15) is 0 Å². The van der Waals surface area contributed by atoms with Crippen LogP contribution in [0.3, 0.4) is 0 Å². The highest BCUT2D eigenvalue weighted by atomic mass is 79.9. The predicted molar refractivity (Wildman–Crippen MR) is 128 cm³/mol. The third-order valence-corrected chi connectivity index (χ3v) is 7.81. The summed E-state index contributed by atoms with van der Waals surface area (Å²) in [6.45, 7) is 8.99. The number of rotatable bonds is 8. The third kappa shape index (κ3) is 5.00. The van der Waals surface area contributed by atoms with Crippen LogP contribution >= 0.6 is 15.9 Å². The lowest BCUT2D eigenvalue weighted by Crippen LogP contribution is -2.46. The zero-order valence-electron chi connectivity index (χ0n) is 19.4. The minimum Gasteiger partial charge on any atom is -0.508 e. The second-order valence-corrected chi connectivity index (χ2v) is 11.1. The second-order valence-electron chi connectivity index (χ2n) is 10.3. The van der Waals surface area contributed by atoms with E-state index in [1.54, 1.807) is 7.11 Å². The molecule has 1 aliphatic heterocycles. The monoisotopic (exact) mass is 478 g/mol. The van der Waals surface area contributed by atoms with Gasteiger partial charge in [0.2, 0.25) is 0 Å². The number of unbranched alkanes of at least 4 members (excludes halogenated alkanes) is 3. The van der Waals surface area contributed by atoms with Gasteiger partial charge in [0.1, 0.15) is 17.1 Å². The summed E-state index contributed by atoms with van der Waals surface area (Å²) in [5.41, 5.74) is 3.28. The maximum atomic E-state index is 11.1. The fraction of sp³-hybridized carbons (Fsp3) is 0.692. The van der Waals surface area contributed by atoms with E-state index < -0.39 is 0 Å². The standard InChI is InChI=1S/C26H39BrO3/c1-25(2,12-8-6-7-9-13-27)19-15-22(28)24-20-14-18(17-29-5)10-11-21(20)26(3,4)30-23(24)16-19/h15-17,20-21,28H,6-14H2,1-5H3/t20-,21-/m1/s1. The van der Waals surface area contributed by atoms with Crippen molar-refractivity contribution in [2.45, 2.75) is 96.0 Å². The maximum Gasteiger partial charge on any atom is 0.127 e. The number of aromatic hydroxyl groups is 1. The first-order chi connectivity index (χ1) is 14.2. The summed E-state index contributed by atoms with van der Waals surface area (Å²) in [6, 6.07) is 4.21. The molecule has 1 saturated carbocycles. The smallest absolute Gasteiger partial charge is 0.127 e. The van der Waals surface area contributed by atoms with Gasteiger partial charge in [0.25, 0.3) is 0 Å². The van der Waals surface area contributed by atoms with Crippen LogP contribution in [-0.4, -0.2) is 23.1 Å². The Labute approximate surface area is 191 Å². The third-order valence-electron chi connectivity index (χ3n) is 7.25. The fourth-order valence-corrected chi connectivity index (χ4v) is 5.85. The lowest BCUT2D eigenvalue weighted by atomic mass is 9.65. The van der Waals surface area contributed by atoms with E-state index in [0.717, 1.165) is 42.3 Å². The van der Waals surface area contributed by atoms with E-state index in [-0.39, 0.29) is 16.9 Å². The van der Waals surface area contributed by atoms with Crippen LogP contribution in [0.4, 0.5) is 0 Å². The number of methoxy groups -OCH3 is 1. The highest BCUT2D eigenvalue weighted by Crippen LogP contribution is 2.56. The van der Waals surface area contributed by atoms with Crippen LogP contribution in [0.2, 0.25) is 0 Å². The number of hydrogen-bond acceptors (Lipinski definition) is 3. The summed E-state index contributed by atoms with van der Waals surface area (Å²) in [5.74, 6) is 1.96. The molecule has 0 spiro atoms.